The first kappa shape index (κ1) is 22.2. The predicted octanol–water partition coefficient (Wildman–Crippen LogP) is 8.29. The summed E-state index contributed by atoms with van der Waals surface area (Å²) >= 11 is 0. The highest BCUT2D eigenvalue weighted by atomic mass is 16.3. The maximum Gasteiger partial charge on any atom is 0.108 e. The summed E-state index contributed by atoms with van der Waals surface area (Å²) in [5.41, 5.74) is 5.84. The van der Waals surface area contributed by atoms with E-state index in [1.54, 1.807) is 97.1 Å². The van der Waals surface area contributed by atoms with E-state index < -0.39 is 0 Å². The van der Waals surface area contributed by atoms with Crippen LogP contribution in [0.3, 0.4) is 0 Å². The summed E-state index contributed by atoms with van der Waals surface area (Å²) in [6.45, 7) is 0. The zero-order valence-electron chi connectivity index (χ0n) is 17.7. The van der Waals surface area contributed by atoms with E-state index in [2.05, 4.69) is 20.7 Å². The Morgan fingerprint density at radius 2 is 0.500 bits per heavy atom. The molecule has 4 aromatic carbocycles. The third-order valence-electron chi connectivity index (χ3n) is 5.30. The van der Waals surface area contributed by atoms with Crippen LogP contribution in [0.2, 0.25) is 0 Å². The van der Waals surface area contributed by atoms with E-state index in [1.165, 1.54) is 0 Å². The molecule has 0 heterocycles. The lowest BCUT2D eigenvalue weighted by Crippen LogP contribution is -1.97. The monoisotopic (exact) mass is 448 g/mol. The van der Waals surface area contributed by atoms with Crippen LogP contribution in [0.1, 0.15) is 22.3 Å². The molecule has 0 N–H and O–H groups in total. The van der Waals surface area contributed by atoms with Gasteiger partial charge >= 0.3 is 0 Å². The van der Waals surface area contributed by atoms with E-state index in [0.29, 0.717) is 0 Å². The molecule has 0 saturated heterocycles. The maximum atomic E-state index is 11.0. The molecule has 0 aliphatic rings. The SMILES string of the molecule is O=Nc1ccc(C(=C(c2ccc(N=O)cc2)c2ccc(N=O)cc2)c2ccc(N=O)cc2)cc1. The second-order valence-electron chi connectivity index (χ2n) is 7.30. The molecule has 0 spiro atoms. The first-order chi connectivity index (χ1) is 16.7. The molecule has 4 rings (SSSR count). The van der Waals surface area contributed by atoms with Gasteiger partial charge in [0.15, 0.2) is 0 Å². The highest BCUT2D eigenvalue weighted by Crippen LogP contribution is 2.38. The van der Waals surface area contributed by atoms with Crippen molar-refractivity contribution < 1.29 is 0 Å². The van der Waals surface area contributed by atoms with Crippen molar-refractivity contribution in [2.75, 3.05) is 0 Å². The van der Waals surface area contributed by atoms with Gasteiger partial charge in [-0.25, -0.2) is 0 Å². The van der Waals surface area contributed by atoms with Crippen LogP contribution in [0, 0.1) is 19.6 Å². The number of hydrogen-bond donors (Lipinski definition) is 0. The number of rotatable bonds is 8. The van der Waals surface area contributed by atoms with E-state index in [0.717, 1.165) is 33.4 Å². The number of benzene rings is 4. The molecule has 0 aromatic heterocycles. The maximum absolute atomic E-state index is 11.0. The summed E-state index contributed by atoms with van der Waals surface area (Å²) in [5.74, 6) is 0. The van der Waals surface area contributed by atoms with E-state index >= 15 is 0 Å². The van der Waals surface area contributed by atoms with Crippen molar-refractivity contribution in [2.45, 2.75) is 0 Å². The van der Waals surface area contributed by atoms with Crippen molar-refractivity contribution in [1.82, 2.24) is 0 Å². The zero-order valence-corrected chi connectivity index (χ0v) is 17.7. The van der Waals surface area contributed by atoms with E-state index in [1.807, 2.05) is 0 Å². The first-order valence-electron chi connectivity index (χ1n) is 10.2. The third-order valence-corrected chi connectivity index (χ3v) is 5.30. The van der Waals surface area contributed by atoms with Crippen molar-refractivity contribution in [1.29, 1.82) is 0 Å². The highest BCUT2D eigenvalue weighted by molar-refractivity contribution is 6.04. The van der Waals surface area contributed by atoms with Crippen molar-refractivity contribution in [3.8, 4) is 0 Å². The normalized spacial score (nSPS) is 10.2. The molecule has 0 radical (unpaired) electrons. The van der Waals surface area contributed by atoms with Gasteiger partial charge in [-0.2, -0.15) is 0 Å². The average Bonchev–Trinajstić information content (AvgIpc) is 2.92. The molecule has 0 saturated carbocycles. The molecule has 0 unspecified atom stereocenters. The number of nitrogens with zero attached hydrogens (tertiary/aromatic N) is 4. The molecule has 164 valence electrons. The summed E-state index contributed by atoms with van der Waals surface area (Å²) in [4.78, 5) is 43.8. The Labute approximate surface area is 193 Å². The van der Waals surface area contributed by atoms with Gasteiger partial charge in [0.25, 0.3) is 0 Å². The molecule has 8 heteroatoms. The molecular formula is C26H16N4O4. The minimum Gasteiger partial charge on any atom is -0.145 e. The molecular weight excluding hydrogens is 432 g/mol. The van der Waals surface area contributed by atoms with E-state index in [4.69, 9.17) is 0 Å². The Morgan fingerprint density at radius 1 is 0.324 bits per heavy atom. The summed E-state index contributed by atoms with van der Waals surface area (Å²) in [5, 5.41) is 11.9. The summed E-state index contributed by atoms with van der Waals surface area (Å²) in [6.07, 6.45) is 0. The summed E-state index contributed by atoms with van der Waals surface area (Å²) in [6, 6.07) is 27.1. The minimum absolute atomic E-state index is 0.285. The smallest absolute Gasteiger partial charge is 0.108 e. The summed E-state index contributed by atoms with van der Waals surface area (Å²) in [7, 11) is 0. The molecule has 4 aromatic rings. The molecule has 8 nitrogen and oxygen atoms in total. The van der Waals surface area contributed by atoms with Crippen molar-refractivity contribution in [3.63, 3.8) is 0 Å². The van der Waals surface area contributed by atoms with Gasteiger partial charge in [-0.15, -0.1) is 19.6 Å². The highest BCUT2D eigenvalue weighted by Gasteiger charge is 2.17. The topological polar surface area (TPSA) is 118 Å². The van der Waals surface area contributed by atoms with Gasteiger partial charge in [0.05, 0.1) is 0 Å². The number of nitroso groups, excluding NO2 is 4. The standard InChI is InChI=1S/C26H16N4O4/c31-27-21-9-1-17(2-10-21)25(18-3-11-22(28-32)12-4-18)26(19-5-13-23(29-33)14-6-19)20-7-15-24(30-34)16-8-20/h1-16H. The van der Waals surface area contributed by atoms with Crippen LogP contribution in [-0.2, 0) is 0 Å². The minimum atomic E-state index is 0.285. The first-order valence-corrected chi connectivity index (χ1v) is 10.2. The summed E-state index contributed by atoms with van der Waals surface area (Å²) < 4.78 is 0. The fourth-order valence-corrected chi connectivity index (χ4v) is 3.67. The van der Waals surface area contributed by atoms with Gasteiger partial charge < -0.3 is 0 Å². The van der Waals surface area contributed by atoms with Crippen LogP contribution in [0.15, 0.2) is 118 Å². The van der Waals surface area contributed by atoms with Crippen LogP contribution >= 0.6 is 0 Å². The Bertz CT molecular complexity index is 1160. The second-order valence-corrected chi connectivity index (χ2v) is 7.30. The van der Waals surface area contributed by atoms with E-state index in [-0.39, 0.29) is 22.7 Å². The number of hydrogen-bond acceptors (Lipinski definition) is 8. The lowest BCUT2D eigenvalue weighted by atomic mass is 9.85. The Balaban J connectivity index is 2.06. The predicted molar refractivity (Wildman–Crippen MR) is 133 cm³/mol. The van der Waals surface area contributed by atoms with Gasteiger partial charge in [-0.1, -0.05) is 48.5 Å². The van der Waals surface area contributed by atoms with Crippen LogP contribution in [0.4, 0.5) is 22.7 Å². The Hall–Kier alpha value is -4.98. The van der Waals surface area contributed by atoms with Crippen LogP contribution < -0.4 is 0 Å². The second kappa shape index (κ2) is 10.1. The fourth-order valence-electron chi connectivity index (χ4n) is 3.67. The Kier molecular flexibility index (Phi) is 6.60. The molecule has 0 atom stereocenters. The van der Waals surface area contributed by atoms with Crippen molar-refractivity contribution in [3.05, 3.63) is 139 Å². The Morgan fingerprint density at radius 3 is 0.647 bits per heavy atom. The van der Waals surface area contributed by atoms with Crippen molar-refractivity contribution in [2.24, 2.45) is 20.7 Å². The average molecular weight is 448 g/mol. The molecule has 0 fully saturated rings. The van der Waals surface area contributed by atoms with Gasteiger partial charge in [0.1, 0.15) is 22.7 Å². The van der Waals surface area contributed by atoms with Gasteiger partial charge in [0.2, 0.25) is 0 Å². The molecule has 34 heavy (non-hydrogen) atoms. The zero-order chi connectivity index (χ0) is 23.9. The molecule has 0 aliphatic heterocycles. The molecule has 0 amide bonds. The lowest BCUT2D eigenvalue weighted by molar-refractivity contribution is 1.43. The van der Waals surface area contributed by atoms with Gasteiger partial charge in [-0.05, 0) is 103 Å². The molecule has 0 bridgehead atoms. The lowest BCUT2D eigenvalue weighted by Gasteiger charge is -2.18. The van der Waals surface area contributed by atoms with Crippen LogP contribution in [-0.4, -0.2) is 0 Å². The van der Waals surface area contributed by atoms with Crippen LogP contribution in [0.5, 0.6) is 0 Å². The molecule has 0 aliphatic carbocycles. The van der Waals surface area contributed by atoms with Gasteiger partial charge in [-0.3, -0.25) is 0 Å². The largest absolute Gasteiger partial charge is 0.145 e. The van der Waals surface area contributed by atoms with Crippen molar-refractivity contribution >= 4 is 33.9 Å². The third kappa shape index (κ3) is 4.61. The van der Waals surface area contributed by atoms with Crippen LogP contribution in [0.25, 0.3) is 11.1 Å². The van der Waals surface area contributed by atoms with Gasteiger partial charge in [0, 0.05) is 0 Å². The van der Waals surface area contributed by atoms with E-state index in [9.17, 15) is 19.6 Å². The quantitative estimate of drug-likeness (QED) is 0.199. The fraction of sp³-hybridized carbons (Fsp3) is 0.